The molecule has 0 aromatic carbocycles. The van der Waals surface area contributed by atoms with Gasteiger partial charge in [-0.15, -0.1) is 0 Å². The highest BCUT2D eigenvalue weighted by molar-refractivity contribution is 5.04. The lowest BCUT2D eigenvalue weighted by atomic mass is 9.82. The van der Waals surface area contributed by atoms with Crippen LogP contribution in [0, 0.1) is 11.8 Å². The second kappa shape index (κ2) is 2.17. The fraction of sp³-hybridized carbons (Fsp3) is 0.778. The molecule has 0 aromatic heterocycles. The summed E-state index contributed by atoms with van der Waals surface area (Å²) >= 11 is 0. The molecular formula is C9H14. The zero-order valence-electron chi connectivity index (χ0n) is 5.84. The molecule has 0 nitrogen and oxygen atoms in total. The van der Waals surface area contributed by atoms with Gasteiger partial charge >= 0.3 is 0 Å². The number of rotatable bonds is 1. The van der Waals surface area contributed by atoms with Crippen LogP contribution in [-0.4, -0.2) is 0 Å². The Hall–Kier alpha value is -0.260. The molecule has 1 saturated carbocycles. The zero-order valence-corrected chi connectivity index (χ0v) is 5.84. The van der Waals surface area contributed by atoms with E-state index < -0.39 is 0 Å². The van der Waals surface area contributed by atoms with Crippen molar-refractivity contribution in [2.24, 2.45) is 11.8 Å². The predicted octanol–water partition coefficient (Wildman–Crippen LogP) is 2.75. The zero-order chi connectivity index (χ0) is 6.10. The fourth-order valence-electron chi connectivity index (χ4n) is 2.03. The summed E-state index contributed by atoms with van der Waals surface area (Å²) in [5.74, 6) is 2.07. The van der Waals surface area contributed by atoms with Gasteiger partial charge in [0, 0.05) is 0 Å². The summed E-state index contributed by atoms with van der Waals surface area (Å²) in [6.45, 7) is 0. The highest BCUT2D eigenvalue weighted by Gasteiger charge is 2.24. The molecule has 2 aliphatic carbocycles. The van der Waals surface area contributed by atoms with Gasteiger partial charge in [0.2, 0.25) is 0 Å². The Kier molecular flexibility index (Phi) is 1.33. The van der Waals surface area contributed by atoms with Gasteiger partial charge in [0.15, 0.2) is 0 Å². The van der Waals surface area contributed by atoms with Gasteiger partial charge in [0.05, 0.1) is 0 Å². The first kappa shape index (κ1) is 5.52. The highest BCUT2D eigenvalue weighted by atomic mass is 14.3. The standard InChI is InChI=1S/C9H14/c1-2-5-8(4-1)9-6-3-7-9/h3,6,8-9H,1-2,4-5,7H2. The molecule has 0 bridgehead atoms. The quantitative estimate of drug-likeness (QED) is 0.469. The first-order valence-electron chi connectivity index (χ1n) is 4.13. The minimum atomic E-state index is 0.993. The van der Waals surface area contributed by atoms with Gasteiger partial charge in [0.1, 0.15) is 0 Å². The molecule has 0 aliphatic heterocycles. The van der Waals surface area contributed by atoms with E-state index in [2.05, 4.69) is 12.2 Å². The minimum Gasteiger partial charge on any atom is -0.0876 e. The molecular weight excluding hydrogens is 108 g/mol. The van der Waals surface area contributed by atoms with E-state index in [1.165, 1.54) is 32.1 Å². The van der Waals surface area contributed by atoms with Gasteiger partial charge in [-0.2, -0.15) is 0 Å². The van der Waals surface area contributed by atoms with Crippen molar-refractivity contribution < 1.29 is 0 Å². The average Bonchev–Trinajstić information content (AvgIpc) is 2.11. The SMILES string of the molecule is C1=CC(C2CCCC2)C1. The number of hydrogen-bond donors (Lipinski definition) is 0. The van der Waals surface area contributed by atoms with Crippen LogP contribution in [0.2, 0.25) is 0 Å². The molecule has 0 heterocycles. The molecule has 1 unspecified atom stereocenters. The van der Waals surface area contributed by atoms with Crippen molar-refractivity contribution in [2.75, 3.05) is 0 Å². The maximum Gasteiger partial charge on any atom is -0.0171 e. The molecule has 0 spiro atoms. The Morgan fingerprint density at radius 1 is 1.11 bits per heavy atom. The Balaban J connectivity index is 1.90. The van der Waals surface area contributed by atoms with Crippen molar-refractivity contribution in [1.29, 1.82) is 0 Å². The molecule has 0 radical (unpaired) electrons. The van der Waals surface area contributed by atoms with Crippen LogP contribution in [-0.2, 0) is 0 Å². The van der Waals surface area contributed by atoms with Crippen molar-refractivity contribution >= 4 is 0 Å². The third kappa shape index (κ3) is 0.910. The van der Waals surface area contributed by atoms with Crippen LogP contribution in [0.25, 0.3) is 0 Å². The molecule has 9 heavy (non-hydrogen) atoms. The normalized spacial score (nSPS) is 34.9. The van der Waals surface area contributed by atoms with E-state index in [1.807, 2.05) is 0 Å². The van der Waals surface area contributed by atoms with E-state index in [9.17, 15) is 0 Å². The molecule has 0 saturated heterocycles. The Labute approximate surface area is 57.0 Å². The van der Waals surface area contributed by atoms with Crippen LogP contribution in [0.15, 0.2) is 12.2 Å². The van der Waals surface area contributed by atoms with Crippen LogP contribution in [0.5, 0.6) is 0 Å². The van der Waals surface area contributed by atoms with Crippen LogP contribution in [0.1, 0.15) is 32.1 Å². The summed E-state index contributed by atoms with van der Waals surface area (Å²) in [7, 11) is 0. The van der Waals surface area contributed by atoms with Crippen molar-refractivity contribution in [1.82, 2.24) is 0 Å². The van der Waals surface area contributed by atoms with Gasteiger partial charge < -0.3 is 0 Å². The van der Waals surface area contributed by atoms with Crippen molar-refractivity contribution in [3.8, 4) is 0 Å². The molecule has 50 valence electrons. The lowest BCUT2D eigenvalue weighted by molar-refractivity contribution is 0.384. The largest absolute Gasteiger partial charge is 0.0876 e. The number of hydrogen-bond acceptors (Lipinski definition) is 0. The molecule has 0 heteroatoms. The smallest absolute Gasteiger partial charge is 0.0171 e. The second-order valence-corrected chi connectivity index (χ2v) is 3.37. The van der Waals surface area contributed by atoms with E-state index >= 15 is 0 Å². The summed E-state index contributed by atoms with van der Waals surface area (Å²) in [4.78, 5) is 0. The van der Waals surface area contributed by atoms with Crippen LogP contribution in [0.3, 0.4) is 0 Å². The van der Waals surface area contributed by atoms with Crippen LogP contribution in [0.4, 0.5) is 0 Å². The molecule has 1 fully saturated rings. The lowest BCUT2D eigenvalue weighted by Crippen LogP contribution is -2.13. The Bertz CT molecular complexity index is 118. The van der Waals surface area contributed by atoms with Gasteiger partial charge in [-0.05, 0) is 31.1 Å². The van der Waals surface area contributed by atoms with Crippen LogP contribution < -0.4 is 0 Å². The van der Waals surface area contributed by atoms with Crippen molar-refractivity contribution in [2.45, 2.75) is 32.1 Å². The molecule has 1 atom stereocenters. The van der Waals surface area contributed by atoms with Crippen molar-refractivity contribution in [3.63, 3.8) is 0 Å². The minimum absolute atomic E-state index is 0.993. The molecule has 2 rings (SSSR count). The second-order valence-electron chi connectivity index (χ2n) is 3.37. The fourth-order valence-corrected chi connectivity index (χ4v) is 2.03. The first-order valence-corrected chi connectivity index (χ1v) is 4.13. The van der Waals surface area contributed by atoms with E-state index in [0.717, 1.165) is 11.8 Å². The average molecular weight is 122 g/mol. The summed E-state index contributed by atoms with van der Waals surface area (Å²) in [5, 5.41) is 0. The topological polar surface area (TPSA) is 0 Å². The first-order chi connectivity index (χ1) is 4.47. The lowest BCUT2D eigenvalue weighted by Gasteiger charge is -2.23. The van der Waals surface area contributed by atoms with E-state index in [0.29, 0.717) is 0 Å². The van der Waals surface area contributed by atoms with E-state index in [-0.39, 0.29) is 0 Å². The van der Waals surface area contributed by atoms with Crippen molar-refractivity contribution in [3.05, 3.63) is 12.2 Å². The summed E-state index contributed by atoms with van der Waals surface area (Å²) in [6.07, 6.45) is 12.1. The maximum atomic E-state index is 2.40. The monoisotopic (exact) mass is 122 g/mol. The third-order valence-corrected chi connectivity index (χ3v) is 2.80. The van der Waals surface area contributed by atoms with Gasteiger partial charge in [-0.1, -0.05) is 25.0 Å². The summed E-state index contributed by atoms with van der Waals surface area (Å²) < 4.78 is 0. The van der Waals surface area contributed by atoms with Crippen LogP contribution >= 0.6 is 0 Å². The Morgan fingerprint density at radius 2 is 1.78 bits per heavy atom. The maximum absolute atomic E-state index is 2.40. The van der Waals surface area contributed by atoms with Gasteiger partial charge in [-0.3, -0.25) is 0 Å². The highest BCUT2D eigenvalue weighted by Crippen LogP contribution is 2.37. The molecule has 0 amide bonds. The van der Waals surface area contributed by atoms with E-state index in [1.54, 1.807) is 0 Å². The molecule has 0 N–H and O–H groups in total. The predicted molar refractivity (Wildman–Crippen MR) is 39.2 cm³/mol. The number of allylic oxidation sites excluding steroid dienone is 2. The molecule has 2 aliphatic rings. The summed E-state index contributed by atoms with van der Waals surface area (Å²) in [5.41, 5.74) is 0. The van der Waals surface area contributed by atoms with Gasteiger partial charge in [-0.25, -0.2) is 0 Å². The molecule has 0 aromatic rings. The summed E-state index contributed by atoms with van der Waals surface area (Å²) in [6, 6.07) is 0. The van der Waals surface area contributed by atoms with E-state index in [4.69, 9.17) is 0 Å². The Morgan fingerprint density at radius 3 is 2.22 bits per heavy atom. The van der Waals surface area contributed by atoms with Gasteiger partial charge in [0.25, 0.3) is 0 Å². The third-order valence-electron chi connectivity index (χ3n) is 2.80.